The lowest BCUT2D eigenvalue weighted by Crippen LogP contribution is -2.62. The average molecular weight is 397 g/mol. The summed E-state index contributed by atoms with van der Waals surface area (Å²) in [5, 5.41) is 3.45. The van der Waals surface area contributed by atoms with Gasteiger partial charge in [-0.25, -0.2) is 8.42 Å². The zero-order valence-electron chi connectivity index (χ0n) is 15.8. The Hall–Kier alpha value is -1.45. The van der Waals surface area contributed by atoms with Crippen molar-refractivity contribution in [2.75, 3.05) is 39.3 Å². The molecular weight excluding hydrogens is 368 g/mol. The number of carbonyl (C=O) groups is 1. The van der Waals surface area contributed by atoms with E-state index in [2.05, 4.69) is 10.1 Å². The van der Waals surface area contributed by atoms with Gasteiger partial charge in [-0.2, -0.15) is 4.31 Å². The highest BCUT2D eigenvalue weighted by atomic mass is 32.2. The number of carbonyl (C=O) groups excluding carboxylic acids is 1. The lowest BCUT2D eigenvalue weighted by atomic mass is 10.0. The van der Waals surface area contributed by atoms with Gasteiger partial charge in [0, 0.05) is 51.3 Å². The summed E-state index contributed by atoms with van der Waals surface area (Å²) in [6.07, 6.45) is 4.15. The molecule has 0 unspecified atom stereocenters. The summed E-state index contributed by atoms with van der Waals surface area (Å²) in [4.78, 5) is 16.3. The highest BCUT2D eigenvalue weighted by Crippen LogP contribution is 2.30. The molecule has 0 N–H and O–H groups in total. The molecule has 0 bridgehead atoms. The first-order valence-electron chi connectivity index (χ1n) is 9.86. The number of aryl methyl sites for hydroxylation is 1. The minimum absolute atomic E-state index is 0.122. The Morgan fingerprint density at radius 1 is 1.19 bits per heavy atom. The van der Waals surface area contributed by atoms with Crippen LogP contribution >= 0.6 is 0 Å². The molecule has 3 fully saturated rings. The summed E-state index contributed by atoms with van der Waals surface area (Å²) in [6.45, 7) is 5.58. The third kappa shape index (κ3) is 3.90. The van der Waals surface area contributed by atoms with Gasteiger partial charge in [0.25, 0.3) is 0 Å². The summed E-state index contributed by atoms with van der Waals surface area (Å²) in [5.74, 6) is 1.09. The topological polar surface area (TPSA) is 87.0 Å². The minimum atomic E-state index is -3.33. The van der Waals surface area contributed by atoms with Crippen LogP contribution in [-0.2, 0) is 21.4 Å². The van der Waals surface area contributed by atoms with Crippen molar-refractivity contribution in [3.8, 4) is 0 Å². The second-order valence-corrected chi connectivity index (χ2v) is 10.2. The monoisotopic (exact) mass is 396 g/mol. The SMILES string of the molecule is Cc1cc(CN2CCN(S(=O)(=O)C3CN(C(=O)C4CCCC4)C3)CC2)on1. The van der Waals surface area contributed by atoms with Gasteiger partial charge in [0.15, 0.2) is 5.76 Å². The summed E-state index contributed by atoms with van der Waals surface area (Å²) < 4.78 is 32.6. The van der Waals surface area contributed by atoms with E-state index in [9.17, 15) is 13.2 Å². The Morgan fingerprint density at radius 2 is 1.85 bits per heavy atom. The van der Waals surface area contributed by atoms with Crippen molar-refractivity contribution >= 4 is 15.9 Å². The molecule has 1 amide bonds. The second-order valence-electron chi connectivity index (χ2n) is 8.00. The molecule has 27 heavy (non-hydrogen) atoms. The van der Waals surface area contributed by atoms with E-state index in [1.165, 1.54) is 0 Å². The predicted molar refractivity (Wildman–Crippen MR) is 99.3 cm³/mol. The van der Waals surface area contributed by atoms with Gasteiger partial charge < -0.3 is 9.42 Å². The van der Waals surface area contributed by atoms with Crippen molar-refractivity contribution in [3.63, 3.8) is 0 Å². The fourth-order valence-electron chi connectivity index (χ4n) is 4.30. The lowest BCUT2D eigenvalue weighted by molar-refractivity contribution is -0.138. The molecule has 1 saturated carbocycles. The molecule has 0 spiro atoms. The van der Waals surface area contributed by atoms with Crippen LogP contribution in [-0.4, -0.2) is 78.1 Å². The molecule has 0 atom stereocenters. The van der Waals surface area contributed by atoms with Crippen LogP contribution in [0.1, 0.15) is 37.1 Å². The Balaban J connectivity index is 1.26. The van der Waals surface area contributed by atoms with E-state index < -0.39 is 15.3 Å². The van der Waals surface area contributed by atoms with Crippen molar-refractivity contribution in [1.82, 2.24) is 19.3 Å². The molecule has 9 heteroatoms. The Labute approximate surface area is 160 Å². The lowest BCUT2D eigenvalue weighted by Gasteiger charge is -2.43. The molecular formula is C18H28N4O4S. The van der Waals surface area contributed by atoms with Gasteiger partial charge in [-0.1, -0.05) is 18.0 Å². The Morgan fingerprint density at radius 3 is 2.44 bits per heavy atom. The largest absolute Gasteiger partial charge is 0.360 e. The molecule has 1 aliphatic carbocycles. The standard InChI is InChI=1S/C18H28N4O4S/c1-14-10-16(26-19-14)11-20-6-8-22(9-7-20)27(24,25)17-12-21(13-17)18(23)15-4-2-3-5-15/h10,15,17H,2-9,11-13H2,1H3. The van der Waals surface area contributed by atoms with Crippen molar-refractivity contribution in [2.24, 2.45) is 5.92 Å². The van der Waals surface area contributed by atoms with E-state index in [0.29, 0.717) is 45.8 Å². The van der Waals surface area contributed by atoms with Crippen LogP contribution in [0.3, 0.4) is 0 Å². The first kappa shape index (κ1) is 18.9. The molecule has 1 aromatic heterocycles. The maximum atomic E-state index is 12.9. The molecule has 0 radical (unpaired) electrons. The summed E-state index contributed by atoms with van der Waals surface area (Å²) in [5.41, 5.74) is 0.855. The molecule has 2 aliphatic heterocycles. The highest BCUT2D eigenvalue weighted by molar-refractivity contribution is 7.89. The van der Waals surface area contributed by atoms with Gasteiger partial charge >= 0.3 is 0 Å². The summed E-state index contributed by atoms with van der Waals surface area (Å²) in [6, 6.07) is 1.91. The van der Waals surface area contributed by atoms with Crippen LogP contribution in [0.2, 0.25) is 0 Å². The molecule has 3 aliphatic rings. The third-order valence-electron chi connectivity index (χ3n) is 6.03. The van der Waals surface area contributed by atoms with E-state index in [-0.39, 0.29) is 11.8 Å². The van der Waals surface area contributed by atoms with E-state index in [1.807, 2.05) is 13.0 Å². The first-order chi connectivity index (χ1) is 12.9. The van der Waals surface area contributed by atoms with Crippen LogP contribution in [0.15, 0.2) is 10.6 Å². The van der Waals surface area contributed by atoms with E-state index >= 15 is 0 Å². The van der Waals surface area contributed by atoms with E-state index in [4.69, 9.17) is 4.52 Å². The number of piperazine rings is 1. The van der Waals surface area contributed by atoms with Crippen molar-refractivity contribution in [2.45, 2.75) is 44.4 Å². The minimum Gasteiger partial charge on any atom is -0.360 e. The van der Waals surface area contributed by atoms with Crippen LogP contribution < -0.4 is 0 Å². The maximum Gasteiger partial charge on any atom is 0.225 e. The van der Waals surface area contributed by atoms with Crippen LogP contribution in [0.25, 0.3) is 0 Å². The quantitative estimate of drug-likeness (QED) is 0.733. The van der Waals surface area contributed by atoms with E-state index in [0.717, 1.165) is 37.1 Å². The number of aromatic nitrogens is 1. The smallest absolute Gasteiger partial charge is 0.225 e. The summed E-state index contributed by atoms with van der Waals surface area (Å²) >= 11 is 0. The number of amides is 1. The molecule has 8 nitrogen and oxygen atoms in total. The average Bonchev–Trinajstić information content (AvgIpc) is 3.25. The molecule has 3 heterocycles. The number of likely N-dealkylation sites (tertiary alicyclic amines) is 1. The zero-order chi connectivity index (χ0) is 19.0. The number of nitrogens with zero attached hydrogens (tertiary/aromatic N) is 4. The number of hydrogen-bond acceptors (Lipinski definition) is 6. The molecule has 1 aromatic rings. The number of sulfonamides is 1. The molecule has 2 saturated heterocycles. The third-order valence-corrected chi connectivity index (χ3v) is 8.26. The van der Waals surface area contributed by atoms with Gasteiger partial charge in [0.05, 0.1) is 12.2 Å². The van der Waals surface area contributed by atoms with Crippen molar-refractivity contribution < 1.29 is 17.7 Å². The van der Waals surface area contributed by atoms with Gasteiger partial charge in [-0.15, -0.1) is 0 Å². The van der Waals surface area contributed by atoms with Crippen molar-refractivity contribution in [1.29, 1.82) is 0 Å². The Bertz CT molecular complexity index is 773. The first-order valence-corrected chi connectivity index (χ1v) is 11.4. The predicted octanol–water partition coefficient (Wildman–Crippen LogP) is 0.831. The molecule has 150 valence electrons. The number of hydrogen-bond donors (Lipinski definition) is 0. The second kappa shape index (κ2) is 7.52. The number of rotatable bonds is 5. The fourth-order valence-corrected chi connectivity index (χ4v) is 6.13. The molecule has 4 rings (SSSR count). The van der Waals surface area contributed by atoms with Crippen LogP contribution in [0.4, 0.5) is 0 Å². The van der Waals surface area contributed by atoms with Crippen LogP contribution in [0, 0.1) is 12.8 Å². The normalized spacial score (nSPS) is 23.7. The fraction of sp³-hybridized carbons (Fsp3) is 0.778. The Kier molecular flexibility index (Phi) is 5.26. The van der Waals surface area contributed by atoms with Gasteiger partial charge in [-0.3, -0.25) is 9.69 Å². The van der Waals surface area contributed by atoms with Gasteiger partial charge in [0.2, 0.25) is 15.9 Å². The highest BCUT2D eigenvalue weighted by Gasteiger charge is 2.44. The maximum absolute atomic E-state index is 12.9. The zero-order valence-corrected chi connectivity index (χ0v) is 16.7. The molecule has 0 aromatic carbocycles. The van der Waals surface area contributed by atoms with Crippen LogP contribution in [0.5, 0.6) is 0 Å². The summed E-state index contributed by atoms with van der Waals surface area (Å²) in [7, 11) is -3.33. The van der Waals surface area contributed by atoms with E-state index in [1.54, 1.807) is 9.21 Å². The van der Waals surface area contributed by atoms with Crippen molar-refractivity contribution in [3.05, 3.63) is 17.5 Å². The van der Waals surface area contributed by atoms with Gasteiger partial charge in [-0.05, 0) is 19.8 Å². The van der Waals surface area contributed by atoms with Gasteiger partial charge in [0.1, 0.15) is 5.25 Å².